The summed E-state index contributed by atoms with van der Waals surface area (Å²) >= 11 is 24.2. The summed E-state index contributed by atoms with van der Waals surface area (Å²) in [5.74, 6) is -1.56. The molecule has 1 aromatic carbocycles. The molecule has 0 aliphatic carbocycles. The van der Waals surface area contributed by atoms with Crippen molar-refractivity contribution in [3.8, 4) is 0 Å². The molecule has 0 aliphatic heterocycles. The highest BCUT2D eigenvalue weighted by atomic mass is 35.5. The predicted molar refractivity (Wildman–Crippen MR) is 87.6 cm³/mol. The van der Waals surface area contributed by atoms with Crippen LogP contribution in [0.25, 0.3) is 0 Å². The van der Waals surface area contributed by atoms with Crippen molar-refractivity contribution in [2.24, 2.45) is 0 Å². The fourth-order valence-corrected chi connectivity index (χ4v) is 2.70. The van der Waals surface area contributed by atoms with Crippen molar-refractivity contribution in [3.05, 3.63) is 31.2 Å². The third-order valence-corrected chi connectivity index (χ3v) is 4.06. The van der Waals surface area contributed by atoms with Gasteiger partial charge in [-0.3, -0.25) is 0 Å². The van der Waals surface area contributed by atoms with Crippen LogP contribution >= 0.6 is 46.4 Å². The highest BCUT2D eigenvalue weighted by Crippen LogP contribution is 2.42. The lowest BCUT2D eigenvalue weighted by molar-refractivity contribution is 0.0362. The lowest BCUT2D eigenvalue weighted by Gasteiger charge is -2.16. The number of hydrogen-bond donors (Lipinski definition) is 0. The van der Waals surface area contributed by atoms with E-state index >= 15 is 0 Å². The molecule has 22 heavy (non-hydrogen) atoms. The molecule has 0 bridgehead atoms. The number of carbonyl (C=O) groups excluding carboxylic acids is 2. The van der Waals surface area contributed by atoms with Gasteiger partial charge in [-0.15, -0.1) is 0 Å². The summed E-state index contributed by atoms with van der Waals surface area (Å²) in [5, 5.41) is -0.843. The highest BCUT2D eigenvalue weighted by molar-refractivity contribution is 6.52. The molecule has 1 rings (SSSR count). The van der Waals surface area contributed by atoms with Crippen molar-refractivity contribution >= 4 is 58.3 Å². The summed E-state index contributed by atoms with van der Waals surface area (Å²) in [6, 6.07) is 0. The van der Waals surface area contributed by atoms with Crippen LogP contribution in [0.2, 0.25) is 20.1 Å². The second kappa shape index (κ2) is 7.73. The molecule has 0 fully saturated rings. The van der Waals surface area contributed by atoms with Gasteiger partial charge in [0.2, 0.25) is 0 Å². The molecule has 0 unspecified atom stereocenters. The maximum atomic E-state index is 12.0. The number of benzene rings is 1. The second-order valence-electron chi connectivity index (χ2n) is 4.91. The van der Waals surface area contributed by atoms with Gasteiger partial charge in [0.25, 0.3) is 0 Å². The van der Waals surface area contributed by atoms with E-state index in [-0.39, 0.29) is 43.4 Å². The van der Waals surface area contributed by atoms with E-state index < -0.39 is 11.9 Å². The zero-order valence-electron chi connectivity index (χ0n) is 12.3. The zero-order chi connectivity index (χ0) is 17.2. The van der Waals surface area contributed by atoms with Crippen LogP contribution in [0.3, 0.4) is 0 Å². The molecule has 8 heteroatoms. The van der Waals surface area contributed by atoms with Crippen molar-refractivity contribution in [2.75, 3.05) is 0 Å². The number of esters is 2. The van der Waals surface area contributed by atoms with Crippen LogP contribution in [0.4, 0.5) is 0 Å². The molecule has 0 aliphatic rings. The van der Waals surface area contributed by atoms with Gasteiger partial charge in [-0.25, -0.2) is 9.59 Å². The third-order valence-electron chi connectivity index (χ3n) is 2.36. The molecule has 0 N–H and O–H groups in total. The Morgan fingerprint density at radius 1 is 0.682 bits per heavy atom. The number of rotatable bonds is 4. The first-order chi connectivity index (χ1) is 10.1. The minimum atomic E-state index is -0.780. The molecule has 0 radical (unpaired) electrons. The van der Waals surface area contributed by atoms with Gasteiger partial charge in [-0.05, 0) is 27.7 Å². The van der Waals surface area contributed by atoms with E-state index in [1.807, 2.05) is 0 Å². The number of carbonyl (C=O) groups is 2. The molecule has 0 heterocycles. The van der Waals surface area contributed by atoms with E-state index in [9.17, 15) is 9.59 Å². The zero-order valence-corrected chi connectivity index (χ0v) is 15.3. The van der Waals surface area contributed by atoms with E-state index in [0.29, 0.717) is 0 Å². The maximum absolute atomic E-state index is 12.0. The van der Waals surface area contributed by atoms with Crippen LogP contribution in [0.15, 0.2) is 0 Å². The molecule has 122 valence electrons. The van der Waals surface area contributed by atoms with Gasteiger partial charge < -0.3 is 9.47 Å². The monoisotopic (exact) mass is 386 g/mol. The molecular weight excluding hydrogens is 374 g/mol. The minimum absolute atomic E-state index is 0.187. The summed E-state index contributed by atoms with van der Waals surface area (Å²) in [6.07, 6.45) is -0.773. The standard InChI is InChI=1S/C14H14Cl4O4/c1-5(2)21-13(19)7-9(15)11(17)8(12(18)10(7)16)14(20)22-6(3)4/h5-6H,1-4H3. The summed E-state index contributed by atoms with van der Waals surface area (Å²) in [6.45, 7) is 6.66. The second-order valence-corrected chi connectivity index (χ2v) is 6.43. The fraction of sp³-hybridized carbons (Fsp3) is 0.429. The fourth-order valence-electron chi connectivity index (χ4n) is 1.54. The molecule has 0 saturated heterocycles. The van der Waals surface area contributed by atoms with Crippen molar-refractivity contribution in [1.29, 1.82) is 0 Å². The van der Waals surface area contributed by atoms with Crippen molar-refractivity contribution in [1.82, 2.24) is 0 Å². The SMILES string of the molecule is CC(C)OC(=O)c1c(Cl)c(Cl)c(C(=O)OC(C)C)c(Cl)c1Cl. The smallest absolute Gasteiger partial charge is 0.341 e. The average molecular weight is 388 g/mol. The normalized spacial score (nSPS) is 11.0. The molecular formula is C14H14Cl4O4. The number of halogens is 4. The quantitative estimate of drug-likeness (QED) is 0.510. The Hall–Kier alpha value is -0.680. The van der Waals surface area contributed by atoms with Gasteiger partial charge in [0.1, 0.15) is 0 Å². The number of hydrogen-bond acceptors (Lipinski definition) is 4. The first-order valence-electron chi connectivity index (χ1n) is 6.35. The molecule has 0 saturated carbocycles. The maximum Gasteiger partial charge on any atom is 0.341 e. The molecule has 1 aromatic rings. The van der Waals surface area contributed by atoms with Crippen molar-refractivity contribution < 1.29 is 19.1 Å². The molecule has 4 nitrogen and oxygen atoms in total. The Morgan fingerprint density at radius 3 is 1.09 bits per heavy atom. The van der Waals surface area contributed by atoms with Crippen LogP contribution in [0.5, 0.6) is 0 Å². The van der Waals surface area contributed by atoms with E-state index in [1.54, 1.807) is 27.7 Å². The third kappa shape index (κ3) is 4.19. The van der Waals surface area contributed by atoms with Crippen LogP contribution < -0.4 is 0 Å². The predicted octanol–water partition coefficient (Wildman–Crippen LogP) is 5.43. The lowest BCUT2D eigenvalue weighted by Crippen LogP contribution is -2.16. The van der Waals surface area contributed by atoms with E-state index in [2.05, 4.69) is 0 Å². The van der Waals surface area contributed by atoms with Crippen LogP contribution in [0, 0.1) is 0 Å². The van der Waals surface area contributed by atoms with Gasteiger partial charge in [-0.2, -0.15) is 0 Å². The van der Waals surface area contributed by atoms with E-state index in [0.717, 1.165) is 0 Å². The van der Waals surface area contributed by atoms with Gasteiger partial charge in [0, 0.05) is 0 Å². The first kappa shape index (κ1) is 19.4. The summed E-state index contributed by atoms with van der Waals surface area (Å²) in [4.78, 5) is 24.1. The van der Waals surface area contributed by atoms with Crippen molar-refractivity contribution in [2.45, 2.75) is 39.9 Å². The molecule has 0 aromatic heterocycles. The first-order valence-corrected chi connectivity index (χ1v) is 7.87. The Balaban J connectivity index is 3.44. The van der Waals surface area contributed by atoms with Gasteiger partial charge in [0.05, 0.1) is 43.4 Å². The Kier molecular flexibility index (Phi) is 6.81. The van der Waals surface area contributed by atoms with E-state index in [4.69, 9.17) is 55.9 Å². The van der Waals surface area contributed by atoms with Gasteiger partial charge >= 0.3 is 11.9 Å². The topological polar surface area (TPSA) is 52.6 Å². The summed E-state index contributed by atoms with van der Waals surface area (Å²) in [5.41, 5.74) is -0.374. The molecule has 0 atom stereocenters. The molecule has 0 amide bonds. The Bertz CT molecular complexity index is 529. The van der Waals surface area contributed by atoms with Crippen molar-refractivity contribution in [3.63, 3.8) is 0 Å². The minimum Gasteiger partial charge on any atom is -0.459 e. The highest BCUT2D eigenvalue weighted by Gasteiger charge is 2.30. The van der Waals surface area contributed by atoms with Gasteiger partial charge in [-0.1, -0.05) is 46.4 Å². The lowest BCUT2D eigenvalue weighted by atomic mass is 10.1. The molecule has 0 spiro atoms. The number of ether oxygens (including phenoxy) is 2. The summed E-state index contributed by atoms with van der Waals surface area (Å²) in [7, 11) is 0. The Labute approximate surface area is 148 Å². The van der Waals surface area contributed by atoms with Gasteiger partial charge in [0.15, 0.2) is 0 Å². The largest absolute Gasteiger partial charge is 0.459 e. The Morgan fingerprint density at radius 2 is 0.909 bits per heavy atom. The van der Waals surface area contributed by atoms with E-state index in [1.165, 1.54) is 0 Å². The summed E-state index contributed by atoms with van der Waals surface area (Å²) < 4.78 is 10.1. The average Bonchev–Trinajstić information content (AvgIpc) is 2.35. The van der Waals surface area contributed by atoms with Crippen LogP contribution in [0.1, 0.15) is 48.4 Å². The van der Waals surface area contributed by atoms with Crippen LogP contribution in [-0.4, -0.2) is 24.1 Å². The van der Waals surface area contributed by atoms with Crippen LogP contribution in [-0.2, 0) is 9.47 Å².